The average molecular weight is 471 g/mol. The number of fused-ring (bicyclic) bond motifs is 1. The molecule has 0 radical (unpaired) electrons. The van der Waals surface area contributed by atoms with Gasteiger partial charge in [0.15, 0.2) is 0 Å². The molecule has 4 atom stereocenters. The Morgan fingerprint density at radius 1 is 0.941 bits per heavy atom. The molecule has 34 heavy (non-hydrogen) atoms. The second-order valence-corrected chi connectivity index (χ2v) is 8.91. The maximum absolute atomic E-state index is 13.1. The summed E-state index contributed by atoms with van der Waals surface area (Å²) in [5, 5.41) is 6.89. The lowest BCUT2D eigenvalue weighted by molar-refractivity contribution is -0.122. The molecule has 1 aliphatic carbocycles. The molecule has 0 bridgehead atoms. The van der Waals surface area contributed by atoms with E-state index in [1.807, 2.05) is 53.4 Å². The molecule has 1 heterocycles. The normalized spacial score (nSPS) is 23.5. The molecular weight excluding hydrogens is 436 g/mol. The van der Waals surface area contributed by atoms with Crippen molar-refractivity contribution in [1.82, 2.24) is 9.80 Å². The maximum atomic E-state index is 13.1. The number of carbonyl (C=O) groups excluding carboxylic acids is 1. The van der Waals surface area contributed by atoms with Gasteiger partial charge in [-0.25, -0.2) is 0 Å². The molecule has 2 aromatic carbocycles. The highest BCUT2D eigenvalue weighted by Gasteiger charge is 2.44. The predicted molar refractivity (Wildman–Crippen MR) is 129 cm³/mol. The fourth-order valence-corrected chi connectivity index (χ4v) is 4.98. The Kier molecular flexibility index (Phi) is 8.90. The van der Waals surface area contributed by atoms with E-state index in [0.717, 1.165) is 37.4 Å². The van der Waals surface area contributed by atoms with Crippen molar-refractivity contribution >= 4 is 12.4 Å². The lowest BCUT2D eigenvalue weighted by Crippen LogP contribution is -2.47. The molecule has 8 nitrogen and oxygen atoms in total. The Bertz CT molecular complexity index is 931. The van der Waals surface area contributed by atoms with E-state index in [-0.39, 0.29) is 18.5 Å². The predicted octanol–water partition coefficient (Wildman–Crippen LogP) is 3.62. The lowest BCUT2D eigenvalue weighted by atomic mass is 9.77. The highest BCUT2D eigenvalue weighted by molar-refractivity contribution is 5.94. The summed E-state index contributed by atoms with van der Waals surface area (Å²) in [4.78, 5) is 25.8. The van der Waals surface area contributed by atoms with Gasteiger partial charge in [-0.05, 0) is 87.3 Å². The third kappa shape index (κ3) is 6.07. The number of benzene rings is 2. The molecule has 1 saturated carbocycles. The summed E-state index contributed by atoms with van der Waals surface area (Å²) < 4.78 is 16.8. The second-order valence-electron chi connectivity index (χ2n) is 8.91. The largest absolute Gasteiger partial charge is 0.497 e. The molecule has 2 aromatic rings. The van der Waals surface area contributed by atoms with E-state index >= 15 is 0 Å². The van der Waals surface area contributed by atoms with Crippen molar-refractivity contribution in [2.24, 2.45) is 11.8 Å². The highest BCUT2D eigenvalue weighted by Crippen LogP contribution is 2.39. The number of carboxylic acid groups (broad SMARTS) is 1. The Morgan fingerprint density at radius 2 is 1.44 bits per heavy atom. The van der Waals surface area contributed by atoms with E-state index in [4.69, 9.17) is 24.1 Å². The fourth-order valence-electron chi connectivity index (χ4n) is 4.98. The van der Waals surface area contributed by atoms with Crippen molar-refractivity contribution in [2.45, 2.75) is 25.0 Å². The zero-order valence-electron chi connectivity index (χ0n) is 20.2. The minimum Gasteiger partial charge on any atom is -0.497 e. The molecule has 1 saturated heterocycles. The Morgan fingerprint density at radius 3 is 1.94 bits per heavy atom. The van der Waals surface area contributed by atoms with Crippen LogP contribution in [0, 0.1) is 11.8 Å². The van der Waals surface area contributed by atoms with Crippen LogP contribution in [0.5, 0.6) is 17.2 Å². The summed E-state index contributed by atoms with van der Waals surface area (Å²) in [5.41, 5.74) is 0.702. The first kappa shape index (κ1) is 25.5. The van der Waals surface area contributed by atoms with Crippen molar-refractivity contribution in [3.63, 3.8) is 0 Å². The van der Waals surface area contributed by atoms with Crippen LogP contribution in [0.4, 0.5) is 0 Å². The Balaban J connectivity index is 0.00000103. The molecule has 2 aliphatic rings. The molecule has 8 heteroatoms. The molecule has 1 aliphatic heterocycles. The van der Waals surface area contributed by atoms with E-state index in [1.165, 1.54) is 0 Å². The third-order valence-electron chi connectivity index (χ3n) is 6.73. The first-order chi connectivity index (χ1) is 16.4. The number of nitrogens with zero attached hydrogens (tertiary/aromatic N) is 2. The van der Waals surface area contributed by atoms with Crippen LogP contribution in [0.1, 0.15) is 23.2 Å². The first-order valence-corrected chi connectivity index (χ1v) is 11.4. The smallest absolute Gasteiger partial charge is 0.290 e. The van der Waals surface area contributed by atoms with Gasteiger partial charge in [0.2, 0.25) is 0 Å². The van der Waals surface area contributed by atoms with Crippen molar-refractivity contribution in [3.05, 3.63) is 54.1 Å². The highest BCUT2D eigenvalue weighted by atomic mass is 16.5. The number of hydrogen-bond donors (Lipinski definition) is 1. The molecule has 2 fully saturated rings. The summed E-state index contributed by atoms with van der Waals surface area (Å²) in [5.74, 6) is 3.37. The van der Waals surface area contributed by atoms with Gasteiger partial charge in [0.05, 0.1) is 13.2 Å². The maximum Gasteiger partial charge on any atom is 0.290 e. The second kappa shape index (κ2) is 11.9. The number of ether oxygens (including phenoxy) is 3. The van der Waals surface area contributed by atoms with Crippen LogP contribution < -0.4 is 9.47 Å². The van der Waals surface area contributed by atoms with E-state index < -0.39 is 0 Å². The molecule has 4 rings (SSSR count). The molecule has 1 amide bonds. The Labute approximate surface area is 201 Å². The third-order valence-corrected chi connectivity index (χ3v) is 6.73. The van der Waals surface area contributed by atoms with Crippen LogP contribution in [-0.4, -0.2) is 80.8 Å². The van der Waals surface area contributed by atoms with Gasteiger partial charge in [0.25, 0.3) is 12.4 Å². The van der Waals surface area contributed by atoms with E-state index in [9.17, 15) is 4.79 Å². The quantitative estimate of drug-likeness (QED) is 0.645. The van der Waals surface area contributed by atoms with Gasteiger partial charge in [-0.15, -0.1) is 0 Å². The zero-order chi connectivity index (χ0) is 24.7. The minimum absolute atomic E-state index is 0.0979. The topological polar surface area (TPSA) is 88.5 Å². The number of likely N-dealkylation sites (N-methyl/N-ethyl adjacent to an activating group) is 1. The number of hydrogen-bond acceptors (Lipinski definition) is 6. The van der Waals surface area contributed by atoms with Crippen molar-refractivity contribution < 1.29 is 28.9 Å². The molecule has 0 aromatic heterocycles. The van der Waals surface area contributed by atoms with E-state index in [1.54, 1.807) is 14.2 Å². The summed E-state index contributed by atoms with van der Waals surface area (Å²) in [6.07, 6.45) is 2.33. The van der Waals surface area contributed by atoms with E-state index in [0.29, 0.717) is 29.2 Å². The van der Waals surface area contributed by atoms with E-state index in [2.05, 4.69) is 19.0 Å². The molecule has 0 spiro atoms. The number of methoxy groups -OCH3 is 2. The lowest BCUT2D eigenvalue weighted by Gasteiger charge is -2.40. The van der Waals surface area contributed by atoms with Crippen molar-refractivity contribution in [2.75, 3.05) is 41.4 Å². The number of rotatable bonds is 6. The molecule has 1 N–H and O–H groups in total. The van der Waals surface area contributed by atoms with Crippen LogP contribution in [0.3, 0.4) is 0 Å². The van der Waals surface area contributed by atoms with Crippen molar-refractivity contribution in [1.29, 1.82) is 0 Å². The summed E-state index contributed by atoms with van der Waals surface area (Å²) in [6, 6.07) is 15.2. The summed E-state index contributed by atoms with van der Waals surface area (Å²) >= 11 is 0. The minimum atomic E-state index is -0.250. The van der Waals surface area contributed by atoms with Crippen molar-refractivity contribution in [3.8, 4) is 17.2 Å². The molecule has 184 valence electrons. The van der Waals surface area contributed by atoms with Gasteiger partial charge in [0, 0.05) is 31.8 Å². The summed E-state index contributed by atoms with van der Waals surface area (Å²) in [7, 11) is 7.67. The standard InChI is InChI=1S/C25H32N2O4.CH2O2/c1-26(2)23-13-18-15-27(16-19(18)14-24(23)30-4)25(28)17-5-7-21(8-6-17)31-22-11-9-20(29-3)10-12-22;2-1-3/h5-12,18-19,23-24H,13-16H2,1-4H3;1H,(H,2,3)/t18-,19+,23-,24-;/m1./s1. The molecule has 0 unspecified atom stereocenters. The van der Waals surface area contributed by atoms with Gasteiger partial charge >= 0.3 is 0 Å². The summed E-state index contributed by atoms with van der Waals surface area (Å²) in [6.45, 7) is 1.39. The monoisotopic (exact) mass is 470 g/mol. The number of amides is 1. The molecular formula is C26H34N2O6. The van der Waals surface area contributed by atoms with Crippen LogP contribution in [-0.2, 0) is 9.53 Å². The van der Waals surface area contributed by atoms with Crippen LogP contribution in [0.25, 0.3) is 0 Å². The van der Waals surface area contributed by atoms with Crippen LogP contribution >= 0.6 is 0 Å². The van der Waals surface area contributed by atoms with Crippen LogP contribution in [0.15, 0.2) is 48.5 Å². The van der Waals surface area contributed by atoms with Gasteiger partial charge in [-0.2, -0.15) is 0 Å². The van der Waals surface area contributed by atoms with Crippen LogP contribution in [0.2, 0.25) is 0 Å². The van der Waals surface area contributed by atoms with Gasteiger partial charge in [-0.1, -0.05) is 0 Å². The first-order valence-electron chi connectivity index (χ1n) is 11.4. The SMILES string of the molecule is COc1ccc(Oc2ccc(C(=O)N3C[C@H]4C[C@@H](N(C)C)[C@H](OC)C[C@H]4C3)cc2)cc1.O=CO. The number of carbonyl (C=O) groups is 2. The number of likely N-dealkylation sites (tertiary alicyclic amines) is 1. The van der Waals surface area contributed by atoms with Gasteiger partial charge in [0.1, 0.15) is 17.2 Å². The Hall–Kier alpha value is -3.10. The van der Waals surface area contributed by atoms with Gasteiger partial charge < -0.3 is 29.1 Å². The van der Waals surface area contributed by atoms with Gasteiger partial charge in [-0.3, -0.25) is 9.59 Å². The zero-order valence-corrected chi connectivity index (χ0v) is 20.2. The fraction of sp³-hybridized carbons (Fsp3) is 0.462. The average Bonchev–Trinajstić information content (AvgIpc) is 3.27.